The van der Waals surface area contributed by atoms with Crippen molar-refractivity contribution in [3.05, 3.63) is 41.2 Å². The van der Waals surface area contributed by atoms with Gasteiger partial charge in [-0.05, 0) is 5.56 Å². The average molecular weight is 219 g/mol. The van der Waals surface area contributed by atoms with Crippen LogP contribution >= 0.6 is 0 Å². The zero-order chi connectivity index (χ0) is 9.90. The van der Waals surface area contributed by atoms with E-state index in [1.54, 1.807) is 12.1 Å². The Kier molecular flexibility index (Phi) is 5.34. The Balaban J connectivity index is 0.00000169. The minimum atomic E-state index is -4.26. The molecule has 1 aromatic rings. The molecule has 0 spiro atoms. The average Bonchev–Trinajstić information content (AvgIpc) is 2.01. The van der Waals surface area contributed by atoms with E-state index in [9.17, 15) is 13.0 Å². The topological polar surface area (TPSA) is 61.6 Å². The Bertz CT molecular complexity index is 450. The van der Waals surface area contributed by atoms with Gasteiger partial charge in [-0.2, -0.15) is 0 Å². The normalized spacial score (nSPS) is 10.0. The molecule has 0 aliphatic heterocycles. The number of hydrogen-bond donors (Lipinski definition) is 0. The monoisotopic (exact) mass is 219 g/mol. The first-order valence-corrected chi connectivity index (χ1v) is 4.99. The summed E-state index contributed by atoms with van der Waals surface area (Å²) in [5, 5.41) is 0. The maximum absolute atomic E-state index is 10.4. The van der Waals surface area contributed by atoms with Crippen molar-refractivity contribution in [3.8, 4) is 0 Å². The summed E-state index contributed by atoms with van der Waals surface area (Å²) in [6.07, 6.45) is 0. The molecule has 0 amide bonds. The molecule has 0 aromatic heterocycles. The van der Waals surface area contributed by atoms with Crippen molar-refractivity contribution in [1.82, 2.24) is 0 Å². The van der Waals surface area contributed by atoms with E-state index in [1.807, 2.05) is 0 Å². The molecule has 4 nitrogen and oxygen atoms in total. The first kappa shape index (κ1) is 13.6. The fraction of sp³-hybridized carbons (Fsp3) is 0.125. The molecule has 1 aromatic carbocycles. The fourth-order valence-electron chi connectivity index (χ4n) is 0.920. The van der Waals surface area contributed by atoms with Crippen molar-refractivity contribution in [2.45, 2.75) is 5.75 Å². The third-order valence-electron chi connectivity index (χ3n) is 1.38. The zero-order valence-corrected chi connectivity index (χ0v) is 10.4. The molecular formula is C8H6NNaO3S. The van der Waals surface area contributed by atoms with E-state index in [2.05, 4.69) is 4.85 Å². The second-order valence-corrected chi connectivity index (χ2v) is 3.89. The Morgan fingerprint density at radius 2 is 2.07 bits per heavy atom. The maximum atomic E-state index is 10.4. The van der Waals surface area contributed by atoms with Gasteiger partial charge in [-0.3, -0.25) is 0 Å². The predicted octanol–water partition coefficient (Wildman–Crippen LogP) is -1.71. The molecule has 0 bridgehead atoms. The summed E-state index contributed by atoms with van der Waals surface area (Å²) in [4.78, 5) is 3.11. The van der Waals surface area contributed by atoms with E-state index in [-0.39, 0.29) is 29.6 Å². The summed E-state index contributed by atoms with van der Waals surface area (Å²) in [6.45, 7) is 6.67. The summed E-state index contributed by atoms with van der Waals surface area (Å²) in [5.74, 6) is -0.559. The fourth-order valence-corrected chi connectivity index (χ4v) is 1.51. The van der Waals surface area contributed by atoms with Gasteiger partial charge in [0.1, 0.15) is 0 Å². The maximum Gasteiger partial charge on any atom is 1.00 e. The molecule has 0 saturated carbocycles. The van der Waals surface area contributed by atoms with Crippen LogP contribution in [0.2, 0.25) is 0 Å². The van der Waals surface area contributed by atoms with Gasteiger partial charge in [-0.25, -0.2) is 13.3 Å². The van der Waals surface area contributed by atoms with Crippen LogP contribution in [0, 0.1) is 6.57 Å². The first-order chi connectivity index (χ1) is 6.01. The van der Waals surface area contributed by atoms with Crippen LogP contribution in [0.25, 0.3) is 4.85 Å². The summed E-state index contributed by atoms with van der Waals surface area (Å²) >= 11 is 0. The minimum absolute atomic E-state index is 0. The SMILES string of the molecule is [C-]#[N+]c1cccc(CS(=O)(=O)[O-])c1.[Na+]. The molecule has 0 unspecified atom stereocenters. The molecule has 6 heteroatoms. The molecule has 0 aliphatic carbocycles. The van der Waals surface area contributed by atoms with Crippen LogP contribution in [0.5, 0.6) is 0 Å². The van der Waals surface area contributed by atoms with Crippen LogP contribution in [-0.2, 0) is 15.9 Å². The minimum Gasteiger partial charge on any atom is -0.748 e. The smallest absolute Gasteiger partial charge is 0.748 e. The molecule has 0 aliphatic rings. The Labute approximate surface area is 105 Å². The molecular weight excluding hydrogens is 213 g/mol. The van der Waals surface area contributed by atoms with E-state index in [4.69, 9.17) is 6.57 Å². The zero-order valence-electron chi connectivity index (χ0n) is 7.60. The van der Waals surface area contributed by atoms with Crippen LogP contribution in [0.3, 0.4) is 0 Å². The van der Waals surface area contributed by atoms with Gasteiger partial charge in [0.25, 0.3) is 0 Å². The van der Waals surface area contributed by atoms with E-state index >= 15 is 0 Å². The van der Waals surface area contributed by atoms with Crippen molar-refractivity contribution >= 4 is 15.8 Å². The van der Waals surface area contributed by atoms with Crippen LogP contribution in [-0.4, -0.2) is 13.0 Å². The van der Waals surface area contributed by atoms with E-state index in [0.717, 1.165) is 0 Å². The molecule has 68 valence electrons. The molecule has 0 fully saturated rings. The van der Waals surface area contributed by atoms with E-state index in [1.165, 1.54) is 12.1 Å². The van der Waals surface area contributed by atoms with E-state index < -0.39 is 15.9 Å². The van der Waals surface area contributed by atoms with Crippen molar-refractivity contribution < 1.29 is 42.5 Å². The van der Waals surface area contributed by atoms with Gasteiger partial charge >= 0.3 is 29.6 Å². The molecule has 0 saturated heterocycles. The molecule has 0 heterocycles. The summed E-state index contributed by atoms with van der Waals surface area (Å²) in [7, 11) is -4.26. The third-order valence-corrected chi connectivity index (χ3v) is 2.07. The van der Waals surface area contributed by atoms with Crippen molar-refractivity contribution in [1.29, 1.82) is 0 Å². The predicted molar refractivity (Wildman–Crippen MR) is 46.1 cm³/mol. The van der Waals surface area contributed by atoms with Gasteiger partial charge in [0.05, 0.1) is 22.4 Å². The van der Waals surface area contributed by atoms with Crippen LogP contribution in [0.15, 0.2) is 24.3 Å². The number of rotatable bonds is 2. The van der Waals surface area contributed by atoms with Crippen LogP contribution in [0.1, 0.15) is 5.56 Å². The van der Waals surface area contributed by atoms with Crippen molar-refractivity contribution in [2.24, 2.45) is 0 Å². The Morgan fingerprint density at radius 3 is 2.57 bits per heavy atom. The van der Waals surface area contributed by atoms with Crippen molar-refractivity contribution in [2.75, 3.05) is 0 Å². The number of hydrogen-bond acceptors (Lipinski definition) is 3. The quantitative estimate of drug-likeness (QED) is 0.338. The summed E-state index contributed by atoms with van der Waals surface area (Å²) in [5.41, 5.74) is 0.685. The standard InChI is InChI=1S/C8H7NO3S.Na/c1-9-8-4-2-3-7(5-8)6-13(10,11)12;/h2-5H,6H2,(H,10,11,12);/q;+1/p-1. The second-order valence-electron chi connectivity index (χ2n) is 2.48. The van der Waals surface area contributed by atoms with Gasteiger partial charge in [-0.15, -0.1) is 0 Å². The van der Waals surface area contributed by atoms with E-state index in [0.29, 0.717) is 11.3 Å². The molecule has 0 radical (unpaired) electrons. The van der Waals surface area contributed by atoms with Gasteiger partial charge in [0.15, 0.2) is 5.69 Å². The molecule has 0 N–H and O–H groups in total. The summed E-state index contributed by atoms with van der Waals surface area (Å²) in [6, 6.07) is 5.99. The Morgan fingerprint density at radius 1 is 1.43 bits per heavy atom. The molecule has 0 atom stereocenters. The largest absolute Gasteiger partial charge is 1.00 e. The van der Waals surface area contributed by atoms with Gasteiger partial charge in [0, 0.05) is 0 Å². The molecule has 1 rings (SSSR count). The van der Waals surface area contributed by atoms with Crippen LogP contribution in [0.4, 0.5) is 5.69 Å². The summed E-state index contributed by atoms with van der Waals surface area (Å²) < 4.78 is 31.1. The van der Waals surface area contributed by atoms with Gasteiger partial charge < -0.3 is 4.55 Å². The second kappa shape index (κ2) is 5.49. The van der Waals surface area contributed by atoms with Gasteiger partial charge in [-0.1, -0.05) is 24.3 Å². The first-order valence-electron chi connectivity index (χ1n) is 3.41. The van der Waals surface area contributed by atoms with Crippen molar-refractivity contribution in [3.63, 3.8) is 0 Å². The third kappa shape index (κ3) is 4.74. The van der Waals surface area contributed by atoms with Crippen LogP contribution < -0.4 is 29.6 Å². The van der Waals surface area contributed by atoms with Gasteiger partial charge in [0.2, 0.25) is 0 Å². The number of benzene rings is 1. The Hall–Kier alpha value is -0.380. The number of nitrogens with zero attached hydrogens (tertiary/aromatic N) is 1. The molecule has 14 heavy (non-hydrogen) atoms.